The summed E-state index contributed by atoms with van der Waals surface area (Å²) in [6.45, 7) is 4.26. The second kappa shape index (κ2) is 7.64. The molecule has 0 fully saturated rings. The maximum atomic E-state index is 11.4. The Bertz CT molecular complexity index is 382. The largest absolute Gasteiger partial charge is 0.461 e. The van der Waals surface area contributed by atoms with E-state index in [1.807, 2.05) is 44.2 Å². The Balaban J connectivity index is 2.20. The first-order valence-corrected chi connectivity index (χ1v) is 6.29. The minimum atomic E-state index is -0.309. The van der Waals surface area contributed by atoms with Crippen LogP contribution in [-0.4, -0.2) is 11.8 Å². The fraction of sp³-hybridized carbons (Fsp3) is 0.467. The molecule has 0 radical (unpaired) electrons. The quantitative estimate of drug-likeness (QED) is 0.696. The van der Waals surface area contributed by atoms with E-state index in [1.54, 1.807) is 0 Å². The number of benzene rings is 1. The Morgan fingerprint density at radius 1 is 1.11 bits per heavy atom. The van der Waals surface area contributed by atoms with Crippen molar-refractivity contribution in [1.29, 1.82) is 0 Å². The monoisotopic (exact) mass is 248 g/mol. The van der Waals surface area contributed by atoms with E-state index in [2.05, 4.69) is 0 Å². The van der Waals surface area contributed by atoms with E-state index in [4.69, 9.17) is 4.74 Å². The van der Waals surface area contributed by atoms with E-state index in [9.17, 15) is 9.59 Å². The summed E-state index contributed by atoms with van der Waals surface area (Å²) in [5.41, 5.74) is 0.958. The second-order valence-corrected chi connectivity index (χ2v) is 4.78. The van der Waals surface area contributed by atoms with Crippen LogP contribution in [0.1, 0.15) is 38.7 Å². The van der Waals surface area contributed by atoms with Crippen LogP contribution in [-0.2, 0) is 20.9 Å². The summed E-state index contributed by atoms with van der Waals surface area (Å²) in [6, 6.07) is 9.51. The van der Waals surface area contributed by atoms with Crippen LogP contribution >= 0.6 is 0 Å². The van der Waals surface area contributed by atoms with Crippen molar-refractivity contribution in [3.63, 3.8) is 0 Å². The van der Waals surface area contributed by atoms with Crippen LogP contribution in [0, 0.1) is 5.92 Å². The predicted molar refractivity (Wildman–Crippen MR) is 69.9 cm³/mol. The van der Waals surface area contributed by atoms with E-state index < -0.39 is 0 Å². The third kappa shape index (κ3) is 6.18. The number of hydrogen-bond acceptors (Lipinski definition) is 3. The molecule has 98 valence electrons. The zero-order valence-electron chi connectivity index (χ0n) is 11.0. The highest BCUT2D eigenvalue weighted by Crippen LogP contribution is 2.06. The predicted octanol–water partition coefficient (Wildman–Crippen LogP) is 3.13. The lowest BCUT2D eigenvalue weighted by molar-refractivity contribution is -0.146. The maximum absolute atomic E-state index is 11.4. The second-order valence-electron chi connectivity index (χ2n) is 4.78. The molecule has 0 spiro atoms. The number of carbonyl (C=O) groups is 2. The number of rotatable bonds is 7. The van der Waals surface area contributed by atoms with Gasteiger partial charge in [0.05, 0.1) is 6.42 Å². The molecule has 1 rings (SSSR count). The fourth-order valence-electron chi connectivity index (χ4n) is 1.61. The molecule has 3 heteroatoms. The average molecular weight is 248 g/mol. The zero-order valence-corrected chi connectivity index (χ0v) is 11.0. The lowest BCUT2D eigenvalue weighted by atomic mass is 10.0. The Kier molecular flexibility index (Phi) is 6.12. The summed E-state index contributed by atoms with van der Waals surface area (Å²) < 4.78 is 5.09. The van der Waals surface area contributed by atoms with E-state index in [0.717, 1.165) is 5.56 Å². The van der Waals surface area contributed by atoms with Crippen molar-refractivity contribution < 1.29 is 14.3 Å². The van der Waals surface area contributed by atoms with Gasteiger partial charge < -0.3 is 4.74 Å². The summed E-state index contributed by atoms with van der Waals surface area (Å²) in [4.78, 5) is 22.9. The lowest BCUT2D eigenvalue weighted by Gasteiger charge is -2.05. The minimum Gasteiger partial charge on any atom is -0.461 e. The molecule has 3 nitrogen and oxygen atoms in total. The van der Waals surface area contributed by atoms with Crippen molar-refractivity contribution in [2.24, 2.45) is 5.92 Å². The van der Waals surface area contributed by atoms with Crippen molar-refractivity contribution >= 4 is 11.8 Å². The molecule has 0 aliphatic heterocycles. The van der Waals surface area contributed by atoms with Gasteiger partial charge in [-0.2, -0.15) is 0 Å². The van der Waals surface area contributed by atoms with Crippen molar-refractivity contribution in [1.82, 2.24) is 0 Å². The van der Waals surface area contributed by atoms with Gasteiger partial charge in [0.2, 0.25) is 0 Å². The average Bonchev–Trinajstić information content (AvgIpc) is 2.34. The number of hydrogen-bond donors (Lipinski definition) is 0. The van der Waals surface area contributed by atoms with Crippen LogP contribution in [0.25, 0.3) is 0 Å². The van der Waals surface area contributed by atoms with Gasteiger partial charge in [-0.15, -0.1) is 0 Å². The molecule has 0 saturated heterocycles. The molecule has 0 heterocycles. The van der Waals surface area contributed by atoms with E-state index in [0.29, 0.717) is 12.3 Å². The van der Waals surface area contributed by atoms with Gasteiger partial charge in [-0.25, -0.2) is 0 Å². The van der Waals surface area contributed by atoms with Crippen LogP contribution in [0.2, 0.25) is 0 Å². The van der Waals surface area contributed by atoms with Gasteiger partial charge in [0.25, 0.3) is 0 Å². The summed E-state index contributed by atoms with van der Waals surface area (Å²) in [5, 5.41) is 0. The number of esters is 1. The van der Waals surface area contributed by atoms with Gasteiger partial charge in [-0.3, -0.25) is 9.59 Å². The minimum absolute atomic E-state index is 0.127. The van der Waals surface area contributed by atoms with Crippen LogP contribution in [0.5, 0.6) is 0 Å². The van der Waals surface area contributed by atoms with Crippen LogP contribution in [0.3, 0.4) is 0 Å². The Morgan fingerprint density at radius 2 is 1.78 bits per heavy atom. The van der Waals surface area contributed by atoms with Crippen LogP contribution < -0.4 is 0 Å². The molecular weight excluding hydrogens is 228 g/mol. The van der Waals surface area contributed by atoms with Gasteiger partial charge in [0.1, 0.15) is 12.4 Å². The molecule has 0 unspecified atom stereocenters. The Labute approximate surface area is 108 Å². The maximum Gasteiger partial charge on any atom is 0.306 e. The Morgan fingerprint density at radius 3 is 2.39 bits per heavy atom. The molecule has 0 atom stereocenters. The molecule has 0 saturated carbocycles. The van der Waals surface area contributed by atoms with Crippen molar-refractivity contribution in [3.8, 4) is 0 Å². The van der Waals surface area contributed by atoms with Gasteiger partial charge in [-0.05, 0) is 11.5 Å². The highest BCUT2D eigenvalue weighted by molar-refractivity contribution is 5.83. The highest BCUT2D eigenvalue weighted by Gasteiger charge is 2.09. The zero-order chi connectivity index (χ0) is 13.4. The van der Waals surface area contributed by atoms with Gasteiger partial charge in [-0.1, -0.05) is 44.2 Å². The Hall–Kier alpha value is -1.64. The number of ether oxygens (including phenoxy) is 1. The van der Waals surface area contributed by atoms with Gasteiger partial charge in [0.15, 0.2) is 0 Å². The molecule has 18 heavy (non-hydrogen) atoms. The van der Waals surface area contributed by atoms with Crippen molar-refractivity contribution in [2.45, 2.75) is 39.7 Å². The molecular formula is C15H20O3. The van der Waals surface area contributed by atoms with Gasteiger partial charge >= 0.3 is 5.97 Å². The third-order valence-electron chi connectivity index (χ3n) is 2.49. The van der Waals surface area contributed by atoms with E-state index >= 15 is 0 Å². The van der Waals surface area contributed by atoms with Crippen molar-refractivity contribution in [2.75, 3.05) is 0 Å². The van der Waals surface area contributed by atoms with E-state index in [-0.39, 0.29) is 31.2 Å². The number of ketones is 1. The summed E-state index contributed by atoms with van der Waals surface area (Å²) >= 11 is 0. The van der Waals surface area contributed by atoms with E-state index in [1.165, 1.54) is 0 Å². The highest BCUT2D eigenvalue weighted by atomic mass is 16.5. The number of Topliss-reactive ketones (excluding diaryl/α,β-unsaturated/α-hetero) is 1. The molecule has 0 aromatic heterocycles. The lowest BCUT2D eigenvalue weighted by Crippen LogP contribution is -2.09. The topological polar surface area (TPSA) is 43.4 Å². The first-order valence-electron chi connectivity index (χ1n) is 6.29. The van der Waals surface area contributed by atoms with Crippen molar-refractivity contribution in [3.05, 3.63) is 35.9 Å². The number of carbonyl (C=O) groups excluding carboxylic acids is 2. The molecule has 1 aromatic rings. The molecule has 0 aliphatic rings. The molecule has 0 amide bonds. The molecule has 0 bridgehead atoms. The van der Waals surface area contributed by atoms with Gasteiger partial charge in [0, 0.05) is 12.8 Å². The molecule has 1 aromatic carbocycles. The first kappa shape index (κ1) is 14.4. The standard InChI is InChI=1S/C15H20O3/c1-12(2)10-14(16)8-9-15(17)18-11-13-6-4-3-5-7-13/h3-7,12H,8-11H2,1-2H3. The summed E-state index contributed by atoms with van der Waals surface area (Å²) in [5.74, 6) is 0.162. The smallest absolute Gasteiger partial charge is 0.306 e. The summed E-state index contributed by atoms with van der Waals surface area (Å²) in [6.07, 6.45) is 0.996. The van der Waals surface area contributed by atoms with Crippen LogP contribution in [0.15, 0.2) is 30.3 Å². The normalized spacial score (nSPS) is 10.4. The third-order valence-corrected chi connectivity index (χ3v) is 2.49. The van der Waals surface area contributed by atoms with Crippen LogP contribution in [0.4, 0.5) is 0 Å². The summed E-state index contributed by atoms with van der Waals surface area (Å²) in [7, 11) is 0. The fourth-order valence-corrected chi connectivity index (χ4v) is 1.61. The first-order chi connectivity index (χ1) is 8.58. The molecule has 0 aliphatic carbocycles. The SMILES string of the molecule is CC(C)CC(=O)CCC(=O)OCc1ccccc1. The molecule has 0 N–H and O–H groups in total.